The number of nitrogens with one attached hydrogen (secondary N) is 2. The molecule has 5 rings (SSSR count). The zero-order valence-corrected chi connectivity index (χ0v) is 21.9. The van der Waals surface area contributed by atoms with Crippen molar-refractivity contribution < 1.29 is 14.3 Å². The van der Waals surface area contributed by atoms with Crippen molar-refractivity contribution in [3.63, 3.8) is 0 Å². The molecule has 2 amide bonds. The van der Waals surface area contributed by atoms with Gasteiger partial charge in [0.1, 0.15) is 16.7 Å². The fraction of sp³-hybridized carbons (Fsp3) is 0.0323. The molecule has 0 saturated heterocycles. The van der Waals surface area contributed by atoms with Crippen LogP contribution in [0.15, 0.2) is 132 Å². The fourth-order valence-electron chi connectivity index (χ4n) is 3.72. The molecule has 0 saturated carbocycles. The molecule has 5 nitrogen and oxygen atoms in total. The van der Waals surface area contributed by atoms with Crippen LogP contribution in [0.4, 0.5) is 11.4 Å². The van der Waals surface area contributed by atoms with Crippen LogP contribution in [0.5, 0.6) is 11.5 Å². The van der Waals surface area contributed by atoms with Gasteiger partial charge in [0.15, 0.2) is 0 Å². The van der Waals surface area contributed by atoms with Gasteiger partial charge in [-0.2, -0.15) is 0 Å². The summed E-state index contributed by atoms with van der Waals surface area (Å²) in [4.78, 5) is 27.5. The fourth-order valence-corrected chi connectivity index (χ4v) is 5.43. The number of benzene rings is 4. The molecule has 0 fully saturated rings. The van der Waals surface area contributed by atoms with Crippen molar-refractivity contribution in [2.75, 3.05) is 10.6 Å². The van der Waals surface area contributed by atoms with Gasteiger partial charge in [-0.1, -0.05) is 60.7 Å². The summed E-state index contributed by atoms with van der Waals surface area (Å²) in [6, 6.07) is 37.7. The molecule has 1 unspecified atom stereocenters. The van der Waals surface area contributed by atoms with Crippen LogP contribution in [0, 0.1) is 0 Å². The predicted molar refractivity (Wildman–Crippen MR) is 155 cm³/mol. The van der Waals surface area contributed by atoms with E-state index in [9.17, 15) is 9.59 Å². The van der Waals surface area contributed by atoms with Crippen LogP contribution in [0.3, 0.4) is 0 Å². The van der Waals surface area contributed by atoms with Gasteiger partial charge in [-0.3, -0.25) is 9.59 Å². The van der Waals surface area contributed by atoms with E-state index >= 15 is 0 Å². The second-order valence-electron chi connectivity index (χ2n) is 8.30. The molecule has 188 valence electrons. The average Bonchev–Trinajstić information content (AvgIpc) is 3.50. The first kappa shape index (κ1) is 25.3. The van der Waals surface area contributed by atoms with E-state index in [1.54, 1.807) is 6.07 Å². The number of hydrogen-bond acceptors (Lipinski definition) is 5. The maximum absolute atomic E-state index is 13.5. The van der Waals surface area contributed by atoms with E-state index in [1.165, 1.54) is 23.1 Å². The number of anilines is 2. The third-order valence-corrected chi connectivity index (χ3v) is 7.65. The monoisotopic (exact) mass is 536 g/mol. The zero-order chi connectivity index (χ0) is 26.2. The highest BCUT2D eigenvalue weighted by atomic mass is 32.2. The molecule has 7 heteroatoms. The SMILES string of the molecule is O=C(Nc1cccc(SC(C(=O)Nc2ccc(Oc3ccccc3)cc2)c2ccccc2)c1)c1cccs1. The number of amides is 2. The quantitative estimate of drug-likeness (QED) is 0.186. The maximum atomic E-state index is 13.5. The summed E-state index contributed by atoms with van der Waals surface area (Å²) < 4.78 is 5.85. The van der Waals surface area contributed by atoms with Crippen molar-refractivity contribution in [1.29, 1.82) is 0 Å². The number of thiophene rings is 1. The van der Waals surface area contributed by atoms with Gasteiger partial charge in [-0.05, 0) is 71.6 Å². The Kier molecular flexibility index (Phi) is 8.18. The Balaban J connectivity index is 1.30. The minimum absolute atomic E-state index is 0.147. The predicted octanol–water partition coefficient (Wildman–Crippen LogP) is 8.26. The molecule has 5 aromatic rings. The zero-order valence-electron chi connectivity index (χ0n) is 20.2. The summed E-state index contributed by atoms with van der Waals surface area (Å²) in [6.07, 6.45) is 0. The minimum Gasteiger partial charge on any atom is -0.457 e. The smallest absolute Gasteiger partial charge is 0.265 e. The molecule has 38 heavy (non-hydrogen) atoms. The number of carbonyl (C=O) groups excluding carboxylic acids is 2. The van der Waals surface area contributed by atoms with Gasteiger partial charge in [-0.25, -0.2) is 0 Å². The number of ether oxygens (including phenoxy) is 1. The molecule has 4 aromatic carbocycles. The lowest BCUT2D eigenvalue weighted by molar-refractivity contribution is -0.115. The Labute approximate surface area is 229 Å². The number of para-hydroxylation sites is 1. The lowest BCUT2D eigenvalue weighted by atomic mass is 10.1. The molecule has 0 spiro atoms. The Morgan fingerprint density at radius 1 is 0.684 bits per heavy atom. The van der Waals surface area contributed by atoms with Gasteiger partial charge in [0.25, 0.3) is 5.91 Å². The summed E-state index contributed by atoms with van der Waals surface area (Å²) >= 11 is 2.82. The molecule has 0 bridgehead atoms. The van der Waals surface area contributed by atoms with Crippen molar-refractivity contribution >= 4 is 46.3 Å². The van der Waals surface area contributed by atoms with E-state index in [4.69, 9.17) is 4.74 Å². The summed E-state index contributed by atoms with van der Waals surface area (Å²) in [7, 11) is 0. The second kappa shape index (κ2) is 12.3. The third kappa shape index (κ3) is 6.70. The van der Waals surface area contributed by atoms with Crippen LogP contribution in [0.2, 0.25) is 0 Å². The highest BCUT2D eigenvalue weighted by Gasteiger charge is 2.22. The maximum Gasteiger partial charge on any atom is 0.265 e. The summed E-state index contributed by atoms with van der Waals surface area (Å²) in [5.41, 5.74) is 2.23. The Morgan fingerprint density at radius 3 is 2.11 bits per heavy atom. The van der Waals surface area contributed by atoms with E-state index in [0.29, 0.717) is 22.0 Å². The van der Waals surface area contributed by atoms with Gasteiger partial charge in [0.05, 0.1) is 4.88 Å². The highest BCUT2D eigenvalue weighted by Crippen LogP contribution is 2.37. The van der Waals surface area contributed by atoms with Crippen LogP contribution < -0.4 is 15.4 Å². The number of hydrogen-bond donors (Lipinski definition) is 2. The van der Waals surface area contributed by atoms with Gasteiger partial charge < -0.3 is 15.4 Å². The largest absolute Gasteiger partial charge is 0.457 e. The van der Waals surface area contributed by atoms with E-state index in [1.807, 2.05) is 121 Å². The van der Waals surface area contributed by atoms with E-state index in [2.05, 4.69) is 10.6 Å². The first-order valence-electron chi connectivity index (χ1n) is 11.9. The summed E-state index contributed by atoms with van der Waals surface area (Å²) in [6.45, 7) is 0. The molecule has 0 radical (unpaired) electrons. The molecular formula is C31H24N2O3S2. The van der Waals surface area contributed by atoms with Gasteiger partial charge >= 0.3 is 0 Å². The molecule has 1 atom stereocenters. The van der Waals surface area contributed by atoms with Crippen LogP contribution in [-0.2, 0) is 4.79 Å². The number of carbonyl (C=O) groups is 2. The third-order valence-electron chi connectivity index (χ3n) is 5.53. The Bertz CT molecular complexity index is 1490. The molecular weight excluding hydrogens is 512 g/mol. The van der Waals surface area contributed by atoms with Crippen molar-refractivity contribution in [3.05, 3.63) is 137 Å². The summed E-state index contributed by atoms with van der Waals surface area (Å²) in [5.74, 6) is 1.13. The number of rotatable bonds is 9. The first-order chi connectivity index (χ1) is 18.6. The standard InChI is InChI=1S/C31H24N2O3S2/c34-30(28-15-8-20-37-28)33-24-11-7-14-27(21-24)38-29(22-9-3-1-4-10-22)31(35)32-23-16-18-26(19-17-23)36-25-12-5-2-6-13-25/h1-21,29H,(H,32,35)(H,33,34). The lowest BCUT2D eigenvalue weighted by Crippen LogP contribution is -2.19. The topological polar surface area (TPSA) is 67.4 Å². The molecule has 0 aliphatic rings. The van der Waals surface area contributed by atoms with Crippen molar-refractivity contribution in [2.45, 2.75) is 10.1 Å². The van der Waals surface area contributed by atoms with Crippen LogP contribution in [0.25, 0.3) is 0 Å². The normalized spacial score (nSPS) is 11.4. The van der Waals surface area contributed by atoms with Crippen LogP contribution >= 0.6 is 23.1 Å². The number of thioether (sulfide) groups is 1. The summed E-state index contributed by atoms with van der Waals surface area (Å²) in [5, 5.41) is 7.34. The Morgan fingerprint density at radius 2 is 1.39 bits per heavy atom. The van der Waals surface area contributed by atoms with Crippen LogP contribution in [0.1, 0.15) is 20.5 Å². The Hall–Kier alpha value is -4.33. The molecule has 0 aliphatic heterocycles. The molecule has 1 aromatic heterocycles. The first-order valence-corrected chi connectivity index (χ1v) is 13.7. The molecule has 2 N–H and O–H groups in total. The minimum atomic E-state index is -0.500. The van der Waals surface area contributed by atoms with Crippen molar-refractivity contribution in [2.24, 2.45) is 0 Å². The van der Waals surface area contributed by atoms with E-state index in [0.717, 1.165) is 16.2 Å². The molecule has 1 heterocycles. The van der Waals surface area contributed by atoms with Gasteiger partial charge in [-0.15, -0.1) is 23.1 Å². The van der Waals surface area contributed by atoms with Gasteiger partial charge in [0.2, 0.25) is 5.91 Å². The van der Waals surface area contributed by atoms with Crippen molar-refractivity contribution in [1.82, 2.24) is 0 Å². The van der Waals surface area contributed by atoms with Crippen molar-refractivity contribution in [3.8, 4) is 11.5 Å². The van der Waals surface area contributed by atoms with Crippen LogP contribution in [-0.4, -0.2) is 11.8 Å². The van der Waals surface area contributed by atoms with Gasteiger partial charge in [0, 0.05) is 16.3 Å². The lowest BCUT2D eigenvalue weighted by Gasteiger charge is -2.18. The highest BCUT2D eigenvalue weighted by molar-refractivity contribution is 8.00. The second-order valence-corrected chi connectivity index (χ2v) is 10.4. The average molecular weight is 537 g/mol. The van der Waals surface area contributed by atoms with E-state index in [-0.39, 0.29) is 11.8 Å². The molecule has 0 aliphatic carbocycles. The van der Waals surface area contributed by atoms with E-state index < -0.39 is 5.25 Å².